The van der Waals surface area contributed by atoms with E-state index in [4.69, 9.17) is 16.3 Å². The fraction of sp³-hybridized carbons (Fsp3) is 0.647. The molecular formula is C17H27ClN2O. The Labute approximate surface area is 133 Å². The van der Waals surface area contributed by atoms with Crippen molar-refractivity contribution in [3.63, 3.8) is 0 Å². The first-order valence-corrected chi connectivity index (χ1v) is 8.13. The molecule has 0 aromatic heterocycles. The monoisotopic (exact) mass is 310 g/mol. The van der Waals surface area contributed by atoms with Crippen molar-refractivity contribution in [2.24, 2.45) is 5.92 Å². The largest absolute Gasteiger partial charge is 0.372 e. The van der Waals surface area contributed by atoms with Crippen LogP contribution in [-0.4, -0.2) is 31.8 Å². The summed E-state index contributed by atoms with van der Waals surface area (Å²) in [5, 5.41) is 4.31. The summed E-state index contributed by atoms with van der Waals surface area (Å²) < 4.78 is 5.81. The molecule has 1 aliphatic rings. The lowest BCUT2D eigenvalue weighted by Gasteiger charge is -2.40. The lowest BCUT2D eigenvalue weighted by molar-refractivity contribution is -0.0277. The molecule has 0 aliphatic carbocycles. The second kappa shape index (κ2) is 6.99. The SMILES string of the molecule is CC(C)CNCc1cc(Cl)ccc1N1CCOC(C)(C)C1. The second-order valence-corrected chi connectivity index (χ2v) is 7.26. The van der Waals surface area contributed by atoms with Crippen LogP contribution < -0.4 is 10.2 Å². The number of benzene rings is 1. The molecule has 3 nitrogen and oxygen atoms in total. The third kappa shape index (κ3) is 4.87. The van der Waals surface area contributed by atoms with E-state index in [1.165, 1.54) is 11.3 Å². The van der Waals surface area contributed by atoms with Gasteiger partial charge in [0.05, 0.1) is 12.2 Å². The molecule has 0 bridgehead atoms. The number of rotatable bonds is 5. The van der Waals surface area contributed by atoms with Crippen molar-refractivity contribution >= 4 is 17.3 Å². The van der Waals surface area contributed by atoms with Gasteiger partial charge in [0.25, 0.3) is 0 Å². The number of anilines is 1. The van der Waals surface area contributed by atoms with Crippen molar-refractivity contribution in [3.05, 3.63) is 28.8 Å². The molecular weight excluding hydrogens is 284 g/mol. The van der Waals surface area contributed by atoms with Crippen LogP contribution in [0.1, 0.15) is 33.3 Å². The van der Waals surface area contributed by atoms with Crippen LogP contribution in [0.5, 0.6) is 0 Å². The lowest BCUT2D eigenvalue weighted by atomic mass is 10.0. The molecule has 4 heteroatoms. The van der Waals surface area contributed by atoms with Crippen LogP contribution in [-0.2, 0) is 11.3 Å². The second-order valence-electron chi connectivity index (χ2n) is 6.83. The van der Waals surface area contributed by atoms with Gasteiger partial charge in [-0.25, -0.2) is 0 Å². The number of halogens is 1. The summed E-state index contributed by atoms with van der Waals surface area (Å²) in [5.41, 5.74) is 2.44. The van der Waals surface area contributed by atoms with E-state index in [-0.39, 0.29) is 5.60 Å². The van der Waals surface area contributed by atoms with E-state index in [2.05, 4.69) is 50.0 Å². The van der Waals surface area contributed by atoms with Gasteiger partial charge >= 0.3 is 0 Å². The Balaban J connectivity index is 2.14. The highest BCUT2D eigenvalue weighted by Gasteiger charge is 2.28. The van der Waals surface area contributed by atoms with Gasteiger partial charge in [-0.1, -0.05) is 25.4 Å². The van der Waals surface area contributed by atoms with Crippen molar-refractivity contribution in [3.8, 4) is 0 Å². The summed E-state index contributed by atoms with van der Waals surface area (Å²) >= 11 is 6.18. The molecule has 1 saturated heterocycles. The lowest BCUT2D eigenvalue weighted by Crippen LogP contribution is -2.48. The molecule has 21 heavy (non-hydrogen) atoms. The molecule has 1 fully saturated rings. The highest BCUT2D eigenvalue weighted by atomic mass is 35.5. The third-order valence-electron chi connectivity index (χ3n) is 3.68. The molecule has 0 spiro atoms. The molecule has 1 aromatic rings. The minimum absolute atomic E-state index is 0.0967. The van der Waals surface area contributed by atoms with Crippen LogP contribution in [0, 0.1) is 5.92 Å². The molecule has 0 radical (unpaired) electrons. The molecule has 2 rings (SSSR count). The van der Waals surface area contributed by atoms with E-state index < -0.39 is 0 Å². The average Bonchev–Trinajstić information content (AvgIpc) is 2.37. The van der Waals surface area contributed by atoms with Crippen LogP contribution in [0.2, 0.25) is 5.02 Å². The van der Waals surface area contributed by atoms with Gasteiger partial charge in [0.15, 0.2) is 0 Å². The smallest absolute Gasteiger partial charge is 0.0801 e. The maximum absolute atomic E-state index is 6.18. The summed E-state index contributed by atoms with van der Waals surface area (Å²) in [7, 11) is 0. The third-order valence-corrected chi connectivity index (χ3v) is 3.91. The van der Waals surface area contributed by atoms with Gasteiger partial charge in [0.2, 0.25) is 0 Å². The van der Waals surface area contributed by atoms with Crippen LogP contribution >= 0.6 is 11.6 Å². The van der Waals surface area contributed by atoms with Gasteiger partial charge < -0.3 is 15.0 Å². The highest BCUT2D eigenvalue weighted by molar-refractivity contribution is 6.30. The normalized spacial score (nSPS) is 18.3. The van der Waals surface area contributed by atoms with Crippen LogP contribution in [0.3, 0.4) is 0 Å². The number of hydrogen-bond acceptors (Lipinski definition) is 3. The summed E-state index contributed by atoms with van der Waals surface area (Å²) in [4.78, 5) is 2.41. The zero-order chi connectivity index (χ0) is 15.5. The Kier molecular flexibility index (Phi) is 5.53. The van der Waals surface area contributed by atoms with Crippen LogP contribution in [0.25, 0.3) is 0 Å². The van der Waals surface area contributed by atoms with Gasteiger partial charge in [0.1, 0.15) is 0 Å². The first-order chi connectivity index (χ1) is 9.87. The maximum Gasteiger partial charge on any atom is 0.0801 e. The number of hydrogen-bond donors (Lipinski definition) is 1. The summed E-state index contributed by atoms with van der Waals surface area (Å²) in [5.74, 6) is 0.648. The summed E-state index contributed by atoms with van der Waals surface area (Å²) in [6.07, 6.45) is 0. The van der Waals surface area contributed by atoms with Crippen molar-refractivity contribution in [2.75, 3.05) is 31.1 Å². The van der Waals surface area contributed by atoms with Crippen LogP contribution in [0.4, 0.5) is 5.69 Å². The molecule has 1 heterocycles. The summed E-state index contributed by atoms with van der Waals surface area (Å²) in [6.45, 7) is 13.2. The van der Waals surface area contributed by atoms with E-state index in [0.29, 0.717) is 5.92 Å². The Morgan fingerprint density at radius 3 is 2.81 bits per heavy atom. The molecule has 1 aromatic carbocycles. The summed E-state index contributed by atoms with van der Waals surface area (Å²) in [6, 6.07) is 6.19. The molecule has 0 saturated carbocycles. The highest BCUT2D eigenvalue weighted by Crippen LogP contribution is 2.28. The first-order valence-electron chi connectivity index (χ1n) is 7.75. The Hall–Kier alpha value is -0.770. The van der Waals surface area contributed by atoms with Gasteiger partial charge in [0, 0.05) is 30.3 Å². The standard InChI is InChI=1S/C17H27ClN2O/c1-13(2)10-19-11-14-9-15(18)5-6-16(14)20-7-8-21-17(3,4)12-20/h5-6,9,13,19H,7-8,10-12H2,1-4H3. The van der Waals surface area contributed by atoms with Gasteiger partial charge in [-0.3, -0.25) is 0 Å². The van der Waals surface area contributed by atoms with E-state index in [1.807, 2.05) is 6.07 Å². The van der Waals surface area contributed by atoms with Gasteiger partial charge in [-0.2, -0.15) is 0 Å². The molecule has 1 N–H and O–H groups in total. The maximum atomic E-state index is 6.18. The number of morpholine rings is 1. The predicted molar refractivity (Wildman–Crippen MR) is 90.2 cm³/mol. The average molecular weight is 311 g/mol. The molecule has 0 unspecified atom stereocenters. The van der Waals surface area contributed by atoms with E-state index in [0.717, 1.165) is 37.8 Å². The van der Waals surface area contributed by atoms with Crippen molar-refractivity contribution in [1.82, 2.24) is 5.32 Å². The minimum Gasteiger partial charge on any atom is -0.372 e. The van der Waals surface area contributed by atoms with E-state index in [1.54, 1.807) is 0 Å². The fourth-order valence-electron chi connectivity index (χ4n) is 2.72. The van der Waals surface area contributed by atoms with Crippen molar-refractivity contribution < 1.29 is 4.74 Å². The number of nitrogens with one attached hydrogen (secondary N) is 1. The number of ether oxygens (including phenoxy) is 1. The quantitative estimate of drug-likeness (QED) is 0.897. The van der Waals surface area contributed by atoms with Crippen LogP contribution in [0.15, 0.2) is 18.2 Å². The Morgan fingerprint density at radius 1 is 1.38 bits per heavy atom. The zero-order valence-electron chi connectivity index (χ0n) is 13.6. The van der Waals surface area contributed by atoms with E-state index in [9.17, 15) is 0 Å². The number of nitrogens with zero attached hydrogens (tertiary/aromatic N) is 1. The zero-order valence-corrected chi connectivity index (χ0v) is 14.3. The Morgan fingerprint density at radius 2 is 2.14 bits per heavy atom. The first kappa shape index (κ1) is 16.6. The topological polar surface area (TPSA) is 24.5 Å². The Bertz CT molecular complexity index is 474. The van der Waals surface area contributed by atoms with Gasteiger partial charge in [-0.05, 0) is 50.1 Å². The van der Waals surface area contributed by atoms with E-state index >= 15 is 0 Å². The molecule has 118 valence electrons. The molecule has 1 aliphatic heterocycles. The molecule has 0 atom stereocenters. The predicted octanol–water partition coefficient (Wildman–Crippen LogP) is 3.70. The molecule has 0 amide bonds. The van der Waals surface area contributed by atoms with Crippen molar-refractivity contribution in [2.45, 2.75) is 39.8 Å². The minimum atomic E-state index is -0.0967. The van der Waals surface area contributed by atoms with Crippen molar-refractivity contribution in [1.29, 1.82) is 0 Å². The fourth-order valence-corrected chi connectivity index (χ4v) is 2.92. The van der Waals surface area contributed by atoms with Gasteiger partial charge in [-0.15, -0.1) is 0 Å².